The minimum Gasteiger partial charge on any atom is -0.504 e. The first kappa shape index (κ1) is 29.3. The molecule has 2 spiro atoms. The predicted molar refractivity (Wildman–Crippen MR) is 180 cm³/mol. The molecule has 0 saturated carbocycles. The van der Waals surface area contributed by atoms with Gasteiger partial charge in [0.25, 0.3) is 0 Å². The molecule has 4 bridgehead atoms. The number of hydrogen-bond donors (Lipinski definition) is 2. The lowest BCUT2D eigenvalue weighted by molar-refractivity contribution is -0.0452. The van der Waals surface area contributed by atoms with Gasteiger partial charge in [-0.05, 0) is 87.5 Å². The number of likely N-dealkylation sites (N-methyl/N-ethyl adjacent to an activating group) is 2. The molecule has 4 aliphatic carbocycles. The molecule has 6 nitrogen and oxygen atoms in total. The third-order valence-electron chi connectivity index (χ3n) is 13.8. The summed E-state index contributed by atoms with van der Waals surface area (Å²) in [6.07, 6.45) is 13.1. The first-order valence-electron chi connectivity index (χ1n) is 17.9. The first-order chi connectivity index (χ1) is 22.1. The molecule has 10 rings (SSSR count). The minimum atomic E-state index is -0.492. The molecule has 2 aromatic carbocycles. The van der Waals surface area contributed by atoms with Gasteiger partial charge < -0.3 is 29.5 Å². The monoisotopic (exact) mass is 622 g/mol. The van der Waals surface area contributed by atoms with Crippen LogP contribution in [0.2, 0.25) is 0 Å². The average molecular weight is 623 g/mol. The second kappa shape index (κ2) is 9.87. The first-order valence-corrected chi connectivity index (χ1v) is 17.9. The highest BCUT2D eigenvalue weighted by Crippen LogP contribution is 2.64. The minimum absolute atomic E-state index is 0.0147. The van der Waals surface area contributed by atoms with Crippen molar-refractivity contribution < 1.29 is 19.7 Å². The summed E-state index contributed by atoms with van der Waals surface area (Å²) in [4.78, 5) is 5.03. The number of aliphatic hydroxyl groups is 1. The molecule has 8 aliphatic rings. The van der Waals surface area contributed by atoms with Crippen molar-refractivity contribution >= 4 is 0 Å². The summed E-state index contributed by atoms with van der Waals surface area (Å²) in [6.45, 7) is 11.2. The molecule has 6 heteroatoms. The van der Waals surface area contributed by atoms with Crippen LogP contribution >= 0.6 is 0 Å². The van der Waals surface area contributed by atoms with E-state index in [2.05, 4.69) is 88.0 Å². The number of piperidine rings is 2. The van der Waals surface area contributed by atoms with Crippen molar-refractivity contribution in [1.82, 2.24) is 9.80 Å². The Morgan fingerprint density at radius 3 is 1.93 bits per heavy atom. The van der Waals surface area contributed by atoms with Crippen molar-refractivity contribution in [3.63, 3.8) is 0 Å². The zero-order valence-corrected chi connectivity index (χ0v) is 28.2. The van der Waals surface area contributed by atoms with Crippen LogP contribution in [0.5, 0.6) is 17.2 Å². The summed E-state index contributed by atoms with van der Waals surface area (Å²) in [6, 6.07) is 9.63. The van der Waals surface area contributed by atoms with Gasteiger partial charge in [-0.15, -0.1) is 0 Å². The maximum atomic E-state index is 10.7. The maximum absolute atomic E-state index is 10.7. The third-order valence-corrected chi connectivity index (χ3v) is 13.8. The van der Waals surface area contributed by atoms with Gasteiger partial charge in [0.2, 0.25) is 0 Å². The van der Waals surface area contributed by atoms with Crippen molar-refractivity contribution in [3.8, 4) is 17.2 Å². The van der Waals surface area contributed by atoms with Gasteiger partial charge in [0.1, 0.15) is 24.1 Å². The third kappa shape index (κ3) is 3.54. The fourth-order valence-electron chi connectivity index (χ4n) is 11.6. The van der Waals surface area contributed by atoms with Crippen LogP contribution in [0.4, 0.5) is 0 Å². The molecule has 2 N–H and O–H groups in total. The van der Waals surface area contributed by atoms with Crippen molar-refractivity contribution in [2.45, 2.75) is 101 Å². The van der Waals surface area contributed by atoms with Crippen molar-refractivity contribution in [3.05, 3.63) is 76.4 Å². The second-order valence-electron chi connectivity index (χ2n) is 16.4. The van der Waals surface area contributed by atoms with Crippen LogP contribution in [0.25, 0.3) is 0 Å². The normalized spacial score (nSPS) is 40.2. The Bertz CT molecular complexity index is 1660. The Morgan fingerprint density at radius 1 is 0.739 bits per heavy atom. The number of benzene rings is 2. The second-order valence-corrected chi connectivity index (χ2v) is 16.4. The fourth-order valence-corrected chi connectivity index (χ4v) is 11.6. The number of aromatic hydroxyl groups is 1. The van der Waals surface area contributed by atoms with E-state index in [9.17, 15) is 10.2 Å². The zero-order chi connectivity index (χ0) is 31.9. The molecule has 0 radical (unpaired) electrons. The van der Waals surface area contributed by atoms with E-state index >= 15 is 0 Å². The number of phenols is 1. The van der Waals surface area contributed by atoms with Crippen LogP contribution in [0.1, 0.15) is 74.3 Å². The molecule has 0 amide bonds. The number of aliphatic hydroxyl groups excluding tert-OH is 1. The van der Waals surface area contributed by atoms with Crippen LogP contribution in [-0.2, 0) is 23.7 Å². The summed E-state index contributed by atoms with van der Waals surface area (Å²) >= 11 is 0. The predicted octanol–water partition coefficient (Wildman–Crippen LogP) is 5.73. The molecule has 4 aliphatic heterocycles. The van der Waals surface area contributed by atoms with E-state index in [1.54, 1.807) is 0 Å². The molecule has 2 fully saturated rings. The Labute approximate surface area is 274 Å². The highest BCUT2D eigenvalue weighted by atomic mass is 16.5. The van der Waals surface area contributed by atoms with Crippen molar-refractivity contribution in [2.24, 2.45) is 23.7 Å². The smallest absolute Gasteiger partial charge is 0.165 e. The zero-order valence-electron chi connectivity index (χ0n) is 28.2. The van der Waals surface area contributed by atoms with Gasteiger partial charge in [-0.25, -0.2) is 0 Å². The molecule has 244 valence electrons. The van der Waals surface area contributed by atoms with Gasteiger partial charge in [0, 0.05) is 51.8 Å². The lowest BCUT2D eigenvalue weighted by atomic mass is 9.51. The number of likely N-dealkylation sites (tertiary alicyclic amines) is 2. The molecule has 0 aromatic heterocycles. The van der Waals surface area contributed by atoms with E-state index in [0.29, 0.717) is 47.4 Å². The van der Waals surface area contributed by atoms with Crippen molar-refractivity contribution in [2.75, 3.05) is 27.2 Å². The van der Waals surface area contributed by atoms with E-state index in [4.69, 9.17) is 9.47 Å². The molecule has 46 heavy (non-hydrogen) atoms. The highest BCUT2D eigenvalue weighted by Gasteiger charge is 2.65. The standard InChI is InChI=1S/2C20H25NO2/c1-11(2)13-5-6-14-15-10-12-4-7-16(22)18-17(12)20(14,19(13)23-18)8-9-21(15)3;1-11(2)13-5-4-12-10-15-14-6-7-16(22)19-20(14,8-9-21(15)3)17(12)18(13)23-19/h4-7,11,13-15,19,22H,8-10H2,1-3H3;4-7,11,14-16,19,22H,8-10H2,1-3H3/t13-,14+,15-,19+,20+;14-,15+,16-,19-,20-/m10/s1. The molecule has 2 saturated heterocycles. The Hall–Kier alpha value is -2.80. The quantitative estimate of drug-likeness (QED) is 0.418. The Kier molecular flexibility index (Phi) is 6.30. The summed E-state index contributed by atoms with van der Waals surface area (Å²) in [5, 5.41) is 21.1. The average Bonchev–Trinajstić information content (AvgIpc) is 3.57. The molecule has 10 atom stereocenters. The largest absolute Gasteiger partial charge is 0.504 e. The van der Waals surface area contributed by atoms with Gasteiger partial charge in [-0.1, -0.05) is 70.2 Å². The van der Waals surface area contributed by atoms with E-state index < -0.39 is 6.10 Å². The Balaban J connectivity index is 0.000000127. The SMILES string of the molecule is CC(C)[C@H]1C=C[C@H]2[C@H]3Cc4ccc(O)c5c4[C@@]2(CCN3C)[C@H]1O5.CC(C)c1ccc2c3c1O[C@H]1[C@@H](O)C=C[C@H]4[C@@H](C2)N(C)CC[C@@]341. The van der Waals surface area contributed by atoms with E-state index in [1.807, 2.05) is 12.1 Å². The van der Waals surface area contributed by atoms with Crippen LogP contribution in [0, 0.1) is 23.7 Å². The van der Waals surface area contributed by atoms with Crippen LogP contribution in [0.15, 0.2) is 48.6 Å². The summed E-state index contributed by atoms with van der Waals surface area (Å²) in [5.41, 5.74) is 6.98. The Morgan fingerprint density at radius 2 is 1.30 bits per heavy atom. The number of nitrogens with zero attached hydrogens (tertiary/aromatic N) is 2. The van der Waals surface area contributed by atoms with Crippen LogP contribution < -0.4 is 9.47 Å². The summed E-state index contributed by atoms with van der Waals surface area (Å²) in [5.74, 6) is 4.60. The number of rotatable bonds is 2. The summed E-state index contributed by atoms with van der Waals surface area (Å²) < 4.78 is 13.0. The van der Waals surface area contributed by atoms with Gasteiger partial charge in [0.05, 0.1) is 0 Å². The molecular formula is C40H50N2O4. The van der Waals surface area contributed by atoms with Crippen LogP contribution in [0.3, 0.4) is 0 Å². The summed E-state index contributed by atoms with van der Waals surface area (Å²) in [7, 11) is 4.51. The molecule has 0 unspecified atom stereocenters. The lowest BCUT2D eigenvalue weighted by Gasteiger charge is -2.57. The van der Waals surface area contributed by atoms with E-state index in [1.165, 1.54) is 27.8 Å². The van der Waals surface area contributed by atoms with Gasteiger partial charge in [0.15, 0.2) is 11.5 Å². The van der Waals surface area contributed by atoms with E-state index in [-0.39, 0.29) is 23.0 Å². The van der Waals surface area contributed by atoms with Gasteiger partial charge in [-0.3, -0.25) is 0 Å². The fraction of sp³-hybridized carbons (Fsp3) is 0.600. The van der Waals surface area contributed by atoms with Crippen molar-refractivity contribution in [1.29, 1.82) is 0 Å². The number of hydrogen-bond acceptors (Lipinski definition) is 6. The highest BCUT2D eigenvalue weighted by molar-refractivity contribution is 5.62. The van der Waals surface area contributed by atoms with E-state index in [0.717, 1.165) is 50.3 Å². The number of phenolic OH excluding ortho intramolecular Hbond substituents is 1. The lowest BCUT2D eigenvalue weighted by Crippen LogP contribution is -2.64. The number of ether oxygens (including phenoxy) is 2. The molecule has 2 aromatic rings. The molecule has 4 heterocycles. The molecular weight excluding hydrogens is 572 g/mol. The van der Waals surface area contributed by atoms with Crippen LogP contribution in [-0.4, -0.2) is 77.6 Å². The van der Waals surface area contributed by atoms with Gasteiger partial charge in [-0.2, -0.15) is 0 Å². The van der Waals surface area contributed by atoms with Gasteiger partial charge >= 0.3 is 0 Å². The topological polar surface area (TPSA) is 65.4 Å². The maximum Gasteiger partial charge on any atom is 0.165 e.